The van der Waals surface area contributed by atoms with Gasteiger partial charge in [0.15, 0.2) is 0 Å². The lowest BCUT2D eigenvalue weighted by Gasteiger charge is -2.26. The van der Waals surface area contributed by atoms with Crippen LogP contribution in [0, 0.1) is 11.3 Å². The number of likely N-dealkylation sites (tertiary alicyclic amines) is 1. The monoisotopic (exact) mass is 294 g/mol. The van der Waals surface area contributed by atoms with Gasteiger partial charge in [-0.15, -0.1) is 0 Å². The first kappa shape index (κ1) is 14.9. The lowest BCUT2D eigenvalue weighted by atomic mass is 9.90. The van der Waals surface area contributed by atoms with Crippen molar-refractivity contribution in [2.75, 3.05) is 13.1 Å². The normalized spacial score (nSPS) is 28.3. The maximum absolute atomic E-state index is 12.8. The maximum atomic E-state index is 12.8. The van der Waals surface area contributed by atoms with Crippen molar-refractivity contribution in [3.05, 3.63) is 0 Å². The molecule has 5 nitrogen and oxygen atoms in total. The molecule has 2 aliphatic rings. The van der Waals surface area contributed by atoms with Crippen LogP contribution in [0.15, 0.2) is 0 Å². The molecule has 0 radical (unpaired) electrons. The van der Waals surface area contributed by atoms with Crippen molar-refractivity contribution in [2.45, 2.75) is 38.4 Å². The predicted octanol–water partition coefficient (Wildman–Crippen LogP) is 1.83. The molecule has 2 amide bonds. The van der Waals surface area contributed by atoms with E-state index in [9.17, 15) is 22.8 Å². The Bertz CT molecular complexity index is 423. The molecule has 1 saturated carbocycles. The fraction of sp³-hybridized carbons (Fsp3) is 0.833. The number of rotatable bonds is 3. The zero-order chi connectivity index (χ0) is 15.1. The van der Waals surface area contributed by atoms with Crippen LogP contribution in [0.3, 0.4) is 0 Å². The molecule has 8 heteroatoms. The van der Waals surface area contributed by atoms with Gasteiger partial charge in [-0.3, -0.25) is 4.79 Å². The molecule has 0 aromatic carbocycles. The van der Waals surface area contributed by atoms with Crippen molar-refractivity contribution in [2.24, 2.45) is 11.3 Å². The van der Waals surface area contributed by atoms with E-state index in [0.717, 1.165) is 4.90 Å². The standard InChI is InChI=1S/C12H17F3N2O3/c1-11(9(18)19)4-5-17(6-11)10(20)16-8(7-2-3-7)12(13,14)15/h7-8H,2-6H2,1H3,(H,16,20)(H,18,19). The summed E-state index contributed by atoms with van der Waals surface area (Å²) in [6.07, 6.45) is -3.31. The Morgan fingerprint density at radius 1 is 1.40 bits per heavy atom. The molecular weight excluding hydrogens is 277 g/mol. The molecule has 0 aromatic rings. The summed E-state index contributed by atoms with van der Waals surface area (Å²) in [5, 5.41) is 11.0. The minimum Gasteiger partial charge on any atom is -0.481 e. The minimum absolute atomic E-state index is 0.0661. The lowest BCUT2D eigenvalue weighted by Crippen LogP contribution is -2.51. The Balaban J connectivity index is 1.97. The number of aliphatic carboxylic acids is 1. The molecule has 20 heavy (non-hydrogen) atoms. The summed E-state index contributed by atoms with van der Waals surface area (Å²) in [7, 11) is 0. The van der Waals surface area contributed by atoms with Gasteiger partial charge in [-0.25, -0.2) is 4.79 Å². The second-order valence-corrected chi connectivity index (χ2v) is 5.84. The predicted molar refractivity (Wildman–Crippen MR) is 63.0 cm³/mol. The van der Waals surface area contributed by atoms with Crippen LogP contribution in [0.4, 0.5) is 18.0 Å². The van der Waals surface area contributed by atoms with Crippen LogP contribution in [0.25, 0.3) is 0 Å². The fourth-order valence-corrected chi connectivity index (χ4v) is 2.43. The zero-order valence-corrected chi connectivity index (χ0v) is 11.0. The van der Waals surface area contributed by atoms with E-state index in [2.05, 4.69) is 0 Å². The SMILES string of the molecule is CC1(C(=O)O)CCN(C(=O)NC(C2CC2)C(F)(F)F)C1. The number of carboxylic acids is 1. The number of carbonyl (C=O) groups excluding carboxylic acids is 1. The van der Waals surface area contributed by atoms with E-state index in [-0.39, 0.29) is 19.5 Å². The molecule has 1 aliphatic heterocycles. The summed E-state index contributed by atoms with van der Waals surface area (Å²) < 4.78 is 38.4. The van der Waals surface area contributed by atoms with Gasteiger partial charge in [0.1, 0.15) is 6.04 Å². The molecule has 114 valence electrons. The Morgan fingerprint density at radius 2 is 2.00 bits per heavy atom. The molecular formula is C12H17F3N2O3. The average Bonchev–Trinajstić information content (AvgIpc) is 3.06. The number of carboxylic acid groups (broad SMARTS) is 1. The van der Waals surface area contributed by atoms with E-state index in [1.54, 1.807) is 0 Å². The van der Waals surface area contributed by atoms with E-state index in [0.29, 0.717) is 12.8 Å². The Morgan fingerprint density at radius 3 is 2.40 bits per heavy atom. The molecule has 0 bridgehead atoms. The lowest BCUT2D eigenvalue weighted by molar-refractivity contribution is -0.158. The van der Waals surface area contributed by atoms with Crippen LogP contribution in [-0.4, -0.2) is 47.3 Å². The van der Waals surface area contributed by atoms with Crippen LogP contribution in [0.2, 0.25) is 0 Å². The maximum Gasteiger partial charge on any atom is 0.408 e. The van der Waals surface area contributed by atoms with Crippen LogP contribution in [-0.2, 0) is 4.79 Å². The van der Waals surface area contributed by atoms with Gasteiger partial charge in [0.25, 0.3) is 0 Å². The van der Waals surface area contributed by atoms with Crippen molar-refractivity contribution >= 4 is 12.0 Å². The van der Waals surface area contributed by atoms with Gasteiger partial charge in [0, 0.05) is 13.1 Å². The topological polar surface area (TPSA) is 69.6 Å². The second-order valence-electron chi connectivity index (χ2n) is 5.84. The first-order chi connectivity index (χ1) is 9.13. The van der Waals surface area contributed by atoms with Gasteiger partial charge in [-0.05, 0) is 32.1 Å². The first-order valence-corrected chi connectivity index (χ1v) is 6.49. The quantitative estimate of drug-likeness (QED) is 0.834. The molecule has 2 atom stereocenters. The average molecular weight is 294 g/mol. The highest BCUT2D eigenvalue weighted by Gasteiger charge is 2.51. The van der Waals surface area contributed by atoms with Crippen LogP contribution in [0.1, 0.15) is 26.2 Å². The summed E-state index contributed by atoms with van der Waals surface area (Å²) in [5.74, 6) is -1.59. The number of halogens is 3. The van der Waals surface area contributed by atoms with Crippen molar-refractivity contribution < 1.29 is 27.9 Å². The molecule has 2 fully saturated rings. The van der Waals surface area contributed by atoms with E-state index < -0.39 is 35.6 Å². The van der Waals surface area contributed by atoms with Crippen LogP contribution in [0.5, 0.6) is 0 Å². The number of alkyl halides is 3. The third-order valence-electron chi connectivity index (χ3n) is 4.00. The Labute approximate surface area is 114 Å². The third-order valence-corrected chi connectivity index (χ3v) is 4.00. The van der Waals surface area contributed by atoms with E-state index in [4.69, 9.17) is 5.11 Å². The highest BCUT2D eigenvalue weighted by Crippen LogP contribution is 2.40. The van der Waals surface area contributed by atoms with Gasteiger partial charge in [-0.1, -0.05) is 0 Å². The number of urea groups is 1. The van der Waals surface area contributed by atoms with Crippen LogP contribution < -0.4 is 5.32 Å². The van der Waals surface area contributed by atoms with Crippen molar-refractivity contribution in [1.29, 1.82) is 0 Å². The molecule has 0 aromatic heterocycles. The smallest absolute Gasteiger partial charge is 0.408 e. The minimum atomic E-state index is -4.47. The number of nitrogens with zero attached hydrogens (tertiary/aromatic N) is 1. The Hall–Kier alpha value is -1.47. The van der Waals surface area contributed by atoms with Gasteiger partial charge in [0.05, 0.1) is 5.41 Å². The van der Waals surface area contributed by atoms with E-state index in [1.165, 1.54) is 6.92 Å². The second kappa shape index (κ2) is 4.82. The Kier molecular flexibility index (Phi) is 3.60. The number of hydrogen-bond donors (Lipinski definition) is 2. The molecule has 1 aliphatic carbocycles. The van der Waals surface area contributed by atoms with Crippen LogP contribution >= 0.6 is 0 Å². The number of hydrogen-bond acceptors (Lipinski definition) is 2. The number of amides is 2. The van der Waals surface area contributed by atoms with Gasteiger partial charge >= 0.3 is 18.2 Å². The summed E-state index contributed by atoms with van der Waals surface area (Å²) in [6, 6.07) is -2.66. The van der Waals surface area contributed by atoms with Gasteiger partial charge in [-0.2, -0.15) is 13.2 Å². The summed E-state index contributed by atoms with van der Waals surface area (Å²) >= 11 is 0. The zero-order valence-electron chi connectivity index (χ0n) is 11.0. The molecule has 0 spiro atoms. The van der Waals surface area contributed by atoms with E-state index >= 15 is 0 Å². The molecule has 2 rings (SSSR count). The summed E-state index contributed by atoms with van der Waals surface area (Å²) in [5.41, 5.74) is -1.08. The van der Waals surface area contributed by atoms with E-state index in [1.807, 2.05) is 5.32 Å². The van der Waals surface area contributed by atoms with Crippen molar-refractivity contribution in [3.8, 4) is 0 Å². The van der Waals surface area contributed by atoms with Gasteiger partial charge < -0.3 is 15.3 Å². The highest BCUT2D eigenvalue weighted by atomic mass is 19.4. The summed E-state index contributed by atoms with van der Waals surface area (Å²) in [4.78, 5) is 24.1. The summed E-state index contributed by atoms with van der Waals surface area (Å²) in [6.45, 7) is 1.58. The molecule has 1 heterocycles. The molecule has 2 N–H and O–H groups in total. The largest absolute Gasteiger partial charge is 0.481 e. The molecule has 2 unspecified atom stereocenters. The highest BCUT2D eigenvalue weighted by molar-refractivity contribution is 5.79. The van der Waals surface area contributed by atoms with Crippen molar-refractivity contribution in [1.82, 2.24) is 10.2 Å². The van der Waals surface area contributed by atoms with Gasteiger partial charge in [0.2, 0.25) is 0 Å². The molecule has 1 saturated heterocycles. The third kappa shape index (κ3) is 2.99. The number of nitrogens with one attached hydrogen (secondary N) is 1. The first-order valence-electron chi connectivity index (χ1n) is 6.49. The number of carbonyl (C=O) groups is 2. The fourth-order valence-electron chi connectivity index (χ4n) is 2.43. The van der Waals surface area contributed by atoms with Crippen molar-refractivity contribution in [3.63, 3.8) is 0 Å².